The van der Waals surface area contributed by atoms with E-state index in [1.165, 1.54) is 12.8 Å². The Kier molecular flexibility index (Phi) is 6.08. The molecule has 0 spiro atoms. The molecule has 4 nitrogen and oxygen atoms in total. The van der Waals surface area contributed by atoms with Crippen LogP contribution in [0.15, 0.2) is 0 Å². The van der Waals surface area contributed by atoms with Crippen LogP contribution in [0.2, 0.25) is 0 Å². The summed E-state index contributed by atoms with van der Waals surface area (Å²) in [5.41, 5.74) is 5.96. The average molecular weight is 276 g/mol. The normalized spacial score (nSPS) is 20.9. The molecule has 0 aliphatic heterocycles. The molecule has 1 fully saturated rings. The Morgan fingerprint density at radius 1 is 1.17 bits per heavy atom. The highest BCUT2D eigenvalue weighted by molar-refractivity contribution is 7.89. The van der Waals surface area contributed by atoms with Gasteiger partial charge in [0, 0.05) is 12.1 Å². The molecule has 1 aliphatic rings. The van der Waals surface area contributed by atoms with E-state index in [-0.39, 0.29) is 11.3 Å². The molecule has 1 saturated carbocycles. The minimum absolute atomic E-state index is 0.209. The molecule has 0 saturated heterocycles. The summed E-state index contributed by atoms with van der Waals surface area (Å²) in [7, 11) is -3.16. The maximum Gasteiger partial charge on any atom is 0.211 e. The van der Waals surface area contributed by atoms with Crippen molar-refractivity contribution in [1.82, 2.24) is 4.72 Å². The topological polar surface area (TPSA) is 72.2 Å². The molecule has 0 aromatic heterocycles. The van der Waals surface area contributed by atoms with Crippen molar-refractivity contribution in [2.75, 3.05) is 12.3 Å². The highest BCUT2D eigenvalue weighted by Crippen LogP contribution is 2.24. The molecular weight excluding hydrogens is 248 g/mol. The van der Waals surface area contributed by atoms with Gasteiger partial charge in [-0.25, -0.2) is 13.1 Å². The van der Waals surface area contributed by atoms with Gasteiger partial charge in [-0.2, -0.15) is 0 Å². The Morgan fingerprint density at radius 3 is 2.22 bits per heavy atom. The summed E-state index contributed by atoms with van der Waals surface area (Å²) < 4.78 is 26.4. The van der Waals surface area contributed by atoms with E-state index in [9.17, 15) is 8.42 Å². The molecule has 5 heteroatoms. The Labute approximate surface area is 112 Å². The van der Waals surface area contributed by atoms with E-state index in [4.69, 9.17) is 5.73 Å². The van der Waals surface area contributed by atoms with Crippen LogP contribution >= 0.6 is 0 Å². The van der Waals surface area contributed by atoms with Crippen molar-refractivity contribution in [3.05, 3.63) is 0 Å². The summed E-state index contributed by atoms with van der Waals surface area (Å²) in [6.07, 6.45) is 7.23. The van der Waals surface area contributed by atoms with Gasteiger partial charge in [0.05, 0.1) is 5.75 Å². The second-order valence-electron chi connectivity index (χ2n) is 6.10. The fraction of sp³-hybridized carbons (Fsp3) is 1.00. The van der Waals surface area contributed by atoms with Crippen LogP contribution in [0.5, 0.6) is 0 Å². The molecule has 0 amide bonds. The van der Waals surface area contributed by atoms with Crippen molar-refractivity contribution < 1.29 is 8.42 Å². The van der Waals surface area contributed by atoms with Gasteiger partial charge in [-0.15, -0.1) is 0 Å². The Balaban J connectivity index is 2.42. The summed E-state index contributed by atoms with van der Waals surface area (Å²) >= 11 is 0. The third-order valence-corrected chi connectivity index (χ3v) is 5.06. The first kappa shape index (κ1) is 15.9. The van der Waals surface area contributed by atoms with Gasteiger partial charge >= 0.3 is 0 Å². The van der Waals surface area contributed by atoms with Crippen LogP contribution in [0.4, 0.5) is 0 Å². The van der Waals surface area contributed by atoms with Gasteiger partial charge in [-0.1, -0.05) is 39.5 Å². The first-order valence-electron chi connectivity index (χ1n) is 7.09. The van der Waals surface area contributed by atoms with E-state index in [0.717, 1.165) is 25.7 Å². The summed E-state index contributed by atoms with van der Waals surface area (Å²) in [5.74, 6) is 0.618. The molecule has 0 bridgehead atoms. The fourth-order valence-electron chi connectivity index (χ4n) is 2.33. The lowest BCUT2D eigenvalue weighted by atomic mass is 9.92. The summed E-state index contributed by atoms with van der Waals surface area (Å²) in [6, 6.07) is 0. The van der Waals surface area contributed by atoms with Gasteiger partial charge in [0.25, 0.3) is 0 Å². The smallest absolute Gasteiger partial charge is 0.211 e. The molecular formula is C13H28N2O2S. The largest absolute Gasteiger partial charge is 0.324 e. The van der Waals surface area contributed by atoms with Crippen molar-refractivity contribution in [2.45, 2.75) is 64.3 Å². The first-order chi connectivity index (χ1) is 8.33. The third kappa shape index (κ3) is 6.16. The van der Waals surface area contributed by atoms with Gasteiger partial charge in [-0.3, -0.25) is 0 Å². The molecule has 0 aromatic rings. The quantitative estimate of drug-likeness (QED) is 0.729. The van der Waals surface area contributed by atoms with Crippen LogP contribution in [0.3, 0.4) is 0 Å². The molecule has 1 rings (SSSR count). The molecule has 108 valence electrons. The molecule has 0 atom stereocenters. The predicted octanol–water partition coefficient (Wildman–Crippen LogP) is 2.00. The summed E-state index contributed by atoms with van der Waals surface area (Å²) in [5, 5.41) is 0. The van der Waals surface area contributed by atoms with Crippen molar-refractivity contribution in [1.29, 1.82) is 0 Å². The van der Waals surface area contributed by atoms with Crippen LogP contribution in [0, 0.1) is 5.92 Å². The number of rotatable bonds is 6. The SMILES string of the molecule is CC(C)CCS(=O)(=O)NCC1(N)CCCCCC1. The molecule has 0 radical (unpaired) electrons. The van der Waals surface area contributed by atoms with E-state index in [0.29, 0.717) is 18.9 Å². The Hall–Kier alpha value is -0.130. The number of nitrogens with two attached hydrogens (primary N) is 1. The number of hydrogen-bond donors (Lipinski definition) is 2. The molecule has 0 heterocycles. The Bertz CT molecular complexity index is 331. The maximum absolute atomic E-state index is 11.8. The van der Waals surface area contributed by atoms with Gasteiger partial charge in [0.15, 0.2) is 0 Å². The number of hydrogen-bond acceptors (Lipinski definition) is 3. The van der Waals surface area contributed by atoms with E-state index in [2.05, 4.69) is 4.72 Å². The minimum Gasteiger partial charge on any atom is -0.324 e. The minimum atomic E-state index is -3.16. The third-order valence-electron chi connectivity index (χ3n) is 3.71. The number of sulfonamides is 1. The van der Waals surface area contributed by atoms with Crippen molar-refractivity contribution in [3.8, 4) is 0 Å². The second kappa shape index (κ2) is 6.87. The van der Waals surface area contributed by atoms with Crippen LogP contribution < -0.4 is 10.5 Å². The maximum atomic E-state index is 11.8. The average Bonchev–Trinajstić information content (AvgIpc) is 2.50. The lowest BCUT2D eigenvalue weighted by molar-refractivity contribution is 0.368. The molecule has 0 unspecified atom stereocenters. The van der Waals surface area contributed by atoms with Crippen molar-refractivity contribution in [2.24, 2.45) is 11.7 Å². The molecule has 0 aromatic carbocycles. The first-order valence-corrected chi connectivity index (χ1v) is 8.74. The van der Waals surface area contributed by atoms with Crippen LogP contribution in [0.1, 0.15) is 58.8 Å². The lowest BCUT2D eigenvalue weighted by Gasteiger charge is -2.28. The van der Waals surface area contributed by atoms with Crippen LogP contribution in [0.25, 0.3) is 0 Å². The monoisotopic (exact) mass is 276 g/mol. The second-order valence-corrected chi connectivity index (χ2v) is 8.03. The van der Waals surface area contributed by atoms with Gasteiger partial charge in [-0.05, 0) is 25.2 Å². The zero-order valence-electron chi connectivity index (χ0n) is 11.7. The molecule has 3 N–H and O–H groups in total. The zero-order valence-corrected chi connectivity index (χ0v) is 12.6. The predicted molar refractivity (Wildman–Crippen MR) is 75.9 cm³/mol. The molecule has 18 heavy (non-hydrogen) atoms. The summed E-state index contributed by atoms with van der Waals surface area (Å²) in [6.45, 7) is 4.46. The van der Waals surface area contributed by atoms with E-state index < -0.39 is 10.0 Å². The van der Waals surface area contributed by atoms with Crippen LogP contribution in [-0.4, -0.2) is 26.3 Å². The lowest BCUT2D eigenvalue weighted by Crippen LogP contribution is -2.50. The molecule has 1 aliphatic carbocycles. The van der Waals surface area contributed by atoms with E-state index in [1.54, 1.807) is 0 Å². The van der Waals surface area contributed by atoms with E-state index in [1.807, 2.05) is 13.8 Å². The van der Waals surface area contributed by atoms with Crippen molar-refractivity contribution >= 4 is 10.0 Å². The van der Waals surface area contributed by atoms with Crippen LogP contribution in [-0.2, 0) is 10.0 Å². The highest BCUT2D eigenvalue weighted by Gasteiger charge is 2.27. The highest BCUT2D eigenvalue weighted by atomic mass is 32.2. The Morgan fingerprint density at radius 2 is 1.72 bits per heavy atom. The van der Waals surface area contributed by atoms with Gasteiger partial charge in [0.1, 0.15) is 0 Å². The van der Waals surface area contributed by atoms with Gasteiger partial charge in [0.2, 0.25) is 10.0 Å². The van der Waals surface area contributed by atoms with Gasteiger partial charge < -0.3 is 5.73 Å². The number of nitrogens with one attached hydrogen (secondary N) is 1. The van der Waals surface area contributed by atoms with Crippen molar-refractivity contribution in [3.63, 3.8) is 0 Å². The fourth-order valence-corrected chi connectivity index (χ4v) is 3.76. The summed E-state index contributed by atoms with van der Waals surface area (Å²) in [4.78, 5) is 0. The zero-order chi connectivity index (χ0) is 13.6. The van der Waals surface area contributed by atoms with E-state index >= 15 is 0 Å². The standard InChI is InChI=1S/C13H28N2O2S/c1-12(2)7-10-18(16,17)15-11-13(14)8-5-3-4-6-9-13/h12,15H,3-11,14H2,1-2H3.